The maximum absolute atomic E-state index is 13.3. The third-order valence-corrected chi connectivity index (χ3v) is 3.69. The summed E-state index contributed by atoms with van der Waals surface area (Å²) in [5.74, 6) is -0.763. The first-order valence-electron chi connectivity index (χ1n) is 6.48. The number of nitrogens with one attached hydrogen (secondary N) is 2. The minimum atomic E-state index is -0.344. The van der Waals surface area contributed by atoms with Crippen molar-refractivity contribution in [1.29, 1.82) is 0 Å². The fourth-order valence-electron chi connectivity index (χ4n) is 1.71. The van der Waals surface area contributed by atoms with Crippen LogP contribution in [0.5, 0.6) is 0 Å². The summed E-state index contributed by atoms with van der Waals surface area (Å²) in [7, 11) is 0. The lowest BCUT2D eigenvalue weighted by Gasteiger charge is -2.07. The standard InChI is InChI=1S/C15H15FN2O2S/c16-12-5-2-1-4-11(12)10-18-14(19)7-8-17-15(20)13-6-3-9-21-13/h1-6,9H,7-8,10H2,(H,17,20)(H,18,19). The molecule has 2 amide bonds. The third-order valence-electron chi connectivity index (χ3n) is 2.82. The molecule has 0 saturated carbocycles. The molecule has 110 valence electrons. The number of hydrogen-bond acceptors (Lipinski definition) is 3. The first-order chi connectivity index (χ1) is 10.2. The SMILES string of the molecule is O=C(CCNC(=O)c1cccs1)NCc1ccccc1F. The van der Waals surface area contributed by atoms with Crippen molar-refractivity contribution >= 4 is 23.2 Å². The van der Waals surface area contributed by atoms with Gasteiger partial charge in [-0.1, -0.05) is 24.3 Å². The van der Waals surface area contributed by atoms with Gasteiger partial charge in [0.1, 0.15) is 5.82 Å². The molecule has 6 heteroatoms. The molecule has 0 atom stereocenters. The van der Waals surface area contributed by atoms with Crippen LogP contribution in [-0.2, 0) is 11.3 Å². The topological polar surface area (TPSA) is 58.2 Å². The molecule has 0 bridgehead atoms. The molecule has 4 nitrogen and oxygen atoms in total. The van der Waals surface area contributed by atoms with Crippen molar-refractivity contribution in [3.8, 4) is 0 Å². The Bertz CT molecular complexity index is 614. The molecule has 21 heavy (non-hydrogen) atoms. The highest BCUT2D eigenvalue weighted by atomic mass is 32.1. The van der Waals surface area contributed by atoms with E-state index in [1.165, 1.54) is 17.4 Å². The number of rotatable bonds is 6. The summed E-state index contributed by atoms with van der Waals surface area (Å²) in [6.45, 7) is 0.393. The van der Waals surface area contributed by atoms with Crippen LogP contribution < -0.4 is 10.6 Å². The molecule has 0 radical (unpaired) electrons. The van der Waals surface area contributed by atoms with Gasteiger partial charge < -0.3 is 10.6 Å². The molecular formula is C15H15FN2O2S. The van der Waals surface area contributed by atoms with Gasteiger partial charge in [0, 0.05) is 25.1 Å². The van der Waals surface area contributed by atoms with Crippen molar-refractivity contribution in [3.05, 3.63) is 58.0 Å². The molecule has 0 aliphatic heterocycles. The monoisotopic (exact) mass is 306 g/mol. The summed E-state index contributed by atoms with van der Waals surface area (Å²) >= 11 is 1.34. The van der Waals surface area contributed by atoms with Gasteiger partial charge in [-0.15, -0.1) is 11.3 Å². The Morgan fingerprint density at radius 2 is 1.90 bits per heavy atom. The van der Waals surface area contributed by atoms with Crippen LogP contribution in [0.2, 0.25) is 0 Å². The van der Waals surface area contributed by atoms with Crippen LogP contribution in [0.4, 0.5) is 4.39 Å². The summed E-state index contributed by atoms with van der Waals surface area (Å²) in [6.07, 6.45) is 0.158. The Morgan fingerprint density at radius 1 is 1.10 bits per heavy atom. The van der Waals surface area contributed by atoms with Crippen LogP contribution >= 0.6 is 11.3 Å². The normalized spacial score (nSPS) is 10.1. The lowest BCUT2D eigenvalue weighted by atomic mass is 10.2. The van der Waals surface area contributed by atoms with E-state index in [-0.39, 0.29) is 37.1 Å². The zero-order valence-electron chi connectivity index (χ0n) is 11.3. The van der Waals surface area contributed by atoms with Gasteiger partial charge in [0.25, 0.3) is 5.91 Å². The highest BCUT2D eigenvalue weighted by molar-refractivity contribution is 7.12. The number of hydrogen-bond donors (Lipinski definition) is 2. The summed E-state index contributed by atoms with van der Waals surface area (Å²) in [5.41, 5.74) is 0.438. The van der Waals surface area contributed by atoms with Crippen LogP contribution in [0.15, 0.2) is 41.8 Å². The van der Waals surface area contributed by atoms with Crippen molar-refractivity contribution in [2.24, 2.45) is 0 Å². The molecule has 2 aromatic rings. The number of amides is 2. The van der Waals surface area contributed by atoms with E-state index in [1.807, 2.05) is 5.38 Å². The van der Waals surface area contributed by atoms with Gasteiger partial charge in [-0.25, -0.2) is 4.39 Å². The molecule has 1 heterocycles. The van der Waals surface area contributed by atoms with Gasteiger partial charge in [0.05, 0.1) is 4.88 Å². The second kappa shape index (κ2) is 7.54. The van der Waals surface area contributed by atoms with Crippen LogP contribution in [0.3, 0.4) is 0 Å². The van der Waals surface area contributed by atoms with E-state index >= 15 is 0 Å². The summed E-state index contributed by atoms with van der Waals surface area (Å²) in [4.78, 5) is 23.9. The molecule has 1 aromatic heterocycles. The van der Waals surface area contributed by atoms with Gasteiger partial charge in [-0.2, -0.15) is 0 Å². The van der Waals surface area contributed by atoms with E-state index < -0.39 is 0 Å². The molecule has 0 spiro atoms. The predicted octanol–water partition coefficient (Wildman–Crippen LogP) is 2.32. The molecule has 2 N–H and O–H groups in total. The average Bonchev–Trinajstić information content (AvgIpc) is 3.00. The van der Waals surface area contributed by atoms with E-state index in [0.29, 0.717) is 10.4 Å². The molecule has 0 fully saturated rings. The number of benzene rings is 1. The van der Waals surface area contributed by atoms with Crippen LogP contribution in [0, 0.1) is 5.82 Å². The van der Waals surface area contributed by atoms with Crippen LogP contribution in [0.25, 0.3) is 0 Å². The maximum atomic E-state index is 13.3. The molecule has 1 aromatic carbocycles. The Morgan fingerprint density at radius 3 is 2.62 bits per heavy atom. The molecule has 0 aliphatic carbocycles. The molecule has 0 unspecified atom stereocenters. The number of carbonyl (C=O) groups is 2. The zero-order chi connectivity index (χ0) is 15.1. The minimum absolute atomic E-state index is 0.143. The predicted molar refractivity (Wildman–Crippen MR) is 79.5 cm³/mol. The Hall–Kier alpha value is -2.21. The molecule has 0 aliphatic rings. The van der Waals surface area contributed by atoms with Crippen molar-refractivity contribution in [2.75, 3.05) is 6.54 Å². The first kappa shape index (κ1) is 15.2. The van der Waals surface area contributed by atoms with Crippen molar-refractivity contribution in [1.82, 2.24) is 10.6 Å². The Kier molecular flexibility index (Phi) is 5.45. The van der Waals surface area contributed by atoms with E-state index in [0.717, 1.165) is 0 Å². The maximum Gasteiger partial charge on any atom is 0.261 e. The van der Waals surface area contributed by atoms with Crippen molar-refractivity contribution < 1.29 is 14.0 Å². The van der Waals surface area contributed by atoms with Gasteiger partial charge in [0.15, 0.2) is 0 Å². The smallest absolute Gasteiger partial charge is 0.261 e. The summed E-state index contributed by atoms with van der Waals surface area (Å²) in [6, 6.07) is 9.79. The number of halogens is 1. The fraction of sp³-hybridized carbons (Fsp3) is 0.200. The summed E-state index contributed by atoms with van der Waals surface area (Å²) < 4.78 is 13.3. The van der Waals surface area contributed by atoms with E-state index in [4.69, 9.17) is 0 Å². The van der Waals surface area contributed by atoms with Gasteiger partial charge in [-0.05, 0) is 17.5 Å². The van der Waals surface area contributed by atoms with E-state index in [9.17, 15) is 14.0 Å². The molecule has 2 rings (SSSR count). The minimum Gasteiger partial charge on any atom is -0.352 e. The molecular weight excluding hydrogens is 291 g/mol. The summed E-state index contributed by atoms with van der Waals surface area (Å²) in [5, 5.41) is 7.10. The van der Waals surface area contributed by atoms with Crippen molar-refractivity contribution in [3.63, 3.8) is 0 Å². The highest BCUT2D eigenvalue weighted by Crippen LogP contribution is 2.07. The zero-order valence-corrected chi connectivity index (χ0v) is 12.1. The van der Waals surface area contributed by atoms with Gasteiger partial charge in [0.2, 0.25) is 5.91 Å². The number of thiophene rings is 1. The van der Waals surface area contributed by atoms with E-state index in [2.05, 4.69) is 10.6 Å². The lowest BCUT2D eigenvalue weighted by Crippen LogP contribution is -2.30. The quantitative estimate of drug-likeness (QED) is 0.860. The Balaban J connectivity index is 1.68. The average molecular weight is 306 g/mol. The van der Waals surface area contributed by atoms with Crippen molar-refractivity contribution in [2.45, 2.75) is 13.0 Å². The van der Waals surface area contributed by atoms with Crippen LogP contribution in [0.1, 0.15) is 21.7 Å². The van der Waals surface area contributed by atoms with Crippen LogP contribution in [-0.4, -0.2) is 18.4 Å². The third kappa shape index (κ3) is 4.68. The van der Waals surface area contributed by atoms with Gasteiger partial charge >= 0.3 is 0 Å². The largest absolute Gasteiger partial charge is 0.352 e. The lowest BCUT2D eigenvalue weighted by molar-refractivity contribution is -0.121. The molecule has 0 saturated heterocycles. The highest BCUT2D eigenvalue weighted by Gasteiger charge is 2.08. The second-order valence-electron chi connectivity index (χ2n) is 4.35. The number of carbonyl (C=O) groups excluding carboxylic acids is 2. The fourth-order valence-corrected chi connectivity index (χ4v) is 2.35. The second-order valence-corrected chi connectivity index (χ2v) is 5.30. The van der Waals surface area contributed by atoms with E-state index in [1.54, 1.807) is 30.3 Å². The Labute approximate surface area is 126 Å². The van der Waals surface area contributed by atoms with Gasteiger partial charge in [-0.3, -0.25) is 9.59 Å². The first-order valence-corrected chi connectivity index (χ1v) is 7.36.